The minimum Gasteiger partial charge on any atom is -0.480 e. The van der Waals surface area contributed by atoms with Gasteiger partial charge < -0.3 is 15.3 Å². The fourth-order valence-corrected chi connectivity index (χ4v) is 1.34. The molecule has 0 aliphatic carbocycles. The number of likely N-dealkylation sites (N-methyl/N-ethyl adjacent to an activating group) is 1. The molecule has 2 N–H and O–H groups in total. The monoisotopic (exact) mass is 267 g/mol. The van der Waals surface area contributed by atoms with Crippen LogP contribution >= 0.6 is 11.6 Å². The van der Waals surface area contributed by atoms with Gasteiger partial charge in [0.2, 0.25) is 0 Å². The number of benzene rings is 1. The Kier molecular flexibility index (Phi) is 4.52. The van der Waals surface area contributed by atoms with Gasteiger partial charge in [0.05, 0.1) is 22.3 Å². The SMILES string of the molecule is CN(CC(=O)O)C(=O)Nc1cc(C#N)ccc1Cl. The number of carbonyl (C=O) groups excluding carboxylic acids is 1. The van der Waals surface area contributed by atoms with Gasteiger partial charge in [-0.3, -0.25) is 4.79 Å². The quantitative estimate of drug-likeness (QED) is 0.872. The highest BCUT2D eigenvalue weighted by atomic mass is 35.5. The number of anilines is 1. The summed E-state index contributed by atoms with van der Waals surface area (Å²) in [6, 6.07) is 5.70. The Bertz CT molecular complexity index is 525. The average Bonchev–Trinajstić information content (AvgIpc) is 2.31. The highest BCUT2D eigenvalue weighted by Crippen LogP contribution is 2.22. The third kappa shape index (κ3) is 3.64. The van der Waals surface area contributed by atoms with Gasteiger partial charge in [-0.2, -0.15) is 5.26 Å². The van der Waals surface area contributed by atoms with Gasteiger partial charge in [0.15, 0.2) is 0 Å². The van der Waals surface area contributed by atoms with Crippen molar-refractivity contribution in [3.8, 4) is 6.07 Å². The smallest absolute Gasteiger partial charge is 0.323 e. The van der Waals surface area contributed by atoms with Crippen LogP contribution in [0.3, 0.4) is 0 Å². The number of urea groups is 1. The van der Waals surface area contributed by atoms with Gasteiger partial charge in [-0.15, -0.1) is 0 Å². The highest BCUT2D eigenvalue weighted by molar-refractivity contribution is 6.33. The molecular formula is C11H10ClN3O3. The maximum Gasteiger partial charge on any atom is 0.323 e. The van der Waals surface area contributed by atoms with Crippen molar-refractivity contribution in [1.29, 1.82) is 5.26 Å². The van der Waals surface area contributed by atoms with Gasteiger partial charge in [-0.25, -0.2) is 4.79 Å². The predicted octanol–water partition coefficient (Wildman–Crippen LogP) is 1.76. The van der Waals surface area contributed by atoms with Crippen LogP contribution in [0.1, 0.15) is 5.56 Å². The molecule has 7 heteroatoms. The van der Waals surface area contributed by atoms with Crippen molar-refractivity contribution in [3.63, 3.8) is 0 Å². The lowest BCUT2D eigenvalue weighted by atomic mass is 10.2. The normalized spacial score (nSPS) is 9.39. The van der Waals surface area contributed by atoms with Crippen molar-refractivity contribution < 1.29 is 14.7 Å². The first-order valence-corrected chi connectivity index (χ1v) is 5.25. The largest absolute Gasteiger partial charge is 0.480 e. The lowest BCUT2D eigenvalue weighted by Crippen LogP contribution is -2.35. The topological polar surface area (TPSA) is 93.4 Å². The van der Waals surface area contributed by atoms with E-state index in [9.17, 15) is 9.59 Å². The number of carbonyl (C=O) groups is 2. The molecule has 0 fully saturated rings. The summed E-state index contributed by atoms with van der Waals surface area (Å²) in [6.45, 7) is -0.429. The van der Waals surface area contributed by atoms with Crippen molar-refractivity contribution in [1.82, 2.24) is 4.90 Å². The van der Waals surface area contributed by atoms with E-state index in [1.165, 1.54) is 25.2 Å². The first-order valence-electron chi connectivity index (χ1n) is 4.87. The predicted molar refractivity (Wildman–Crippen MR) is 65.5 cm³/mol. The van der Waals surface area contributed by atoms with E-state index < -0.39 is 18.5 Å². The zero-order chi connectivity index (χ0) is 13.7. The van der Waals surface area contributed by atoms with Crippen molar-refractivity contribution >= 4 is 29.3 Å². The molecule has 0 aliphatic heterocycles. The summed E-state index contributed by atoms with van der Waals surface area (Å²) >= 11 is 5.85. The number of nitrogens with one attached hydrogen (secondary N) is 1. The molecule has 1 rings (SSSR count). The summed E-state index contributed by atoms with van der Waals surface area (Å²) in [7, 11) is 1.34. The molecule has 1 aromatic carbocycles. The van der Waals surface area contributed by atoms with Crippen LogP contribution in [-0.4, -0.2) is 35.6 Å². The second-order valence-electron chi connectivity index (χ2n) is 3.49. The van der Waals surface area contributed by atoms with Gasteiger partial charge in [0.25, 0.3) is 0 Å². The van der Waals surface area contributed by atoms with E-state index in [4.69, 9.17) is 22.0 Å². The van der Waals surface area contributed by atoms with Crippen molar-refractivity contribution in [2.24, 2.45) is 0 Å². The zero-order valence-electron chi connectivity index (χ0n) is 9.48. The van der Waals surface area contributed by atoms with Gasteiger partial charge in [0, 0.05) is 7.05 Å². The van der Waals surface area contributed by atoms with E-state index in [0.29, 0.717) is 5.56 Å². The third-order valence-corrected chi connectivity index (χ3v) is 2.39. The minimum absolute atomic E-state index is 0.262. The second kappa shape index (κ2) is 5.89. The summed E-state index contributed by atoms with van der Waals surface area (Å²) in [5.41, 5.74) is 0.605. The van der Waals surface area contributed by atoms with Crippen molar-refractivity contribution in [3.05, 3.63) is 28.8 Å². The van der Waals surface area contributed by atoms with E-state index in [2.05, 4.69) is 5.32 Å². The molecule has 0 spiro atoms. The number of aliphatic carboxylic acids is 1. The fourth-order valence-electron chi connectivity index (χ4n) is 1.18. The van der Waals surface area contributed by atoms with E-state index >= 15 is 0 Å². The lowest BCUT2D eigenvalue weighted by molar-refractivity contribution is -0.137. The molecule has 0 aromatic heterocycles. The summed E-state index contributed by atoms with van der Waals surface area (Å²) in [6.07, 6.45) is 0. The zero-order valence-corrected chi connectivity index (χ0v) is 10.2. The molecule has 0 radical (unpaired) electrons. The molecule has 0 aliphatic rings. The number of rotatable bonds is 3. The number of hydrogen-bond acceptors (Lipinski definition) is 3. The molecule has 0 saturated heterocycles. The molecule has 6 nitrogen and oxygen atoms in total. The Morgan fingerprint density at radius 3 is 2.78 bits per heavy atom. The molecule has 0 saturated carbocycles. The van der Waals surface area contributed by atoms with Crippen LogP contribution < -0.4 is 5.32 Å². The van der Waals surface area contributed by atoms with E-state index in [1.807, 2.05) is 6.07 Å². The second-order valence-corrected chi connectivity index (χ2v) is 3.89. The van der Waals surface area contributed by atoms with Crippen LogP contribution in [0.4, 0.5) is 10.5 Å². The molecule has 2 amide bonds. The molecule has 18 heavy (non-hydrogen) atoms. The number of nitriles is 1. The highest BCUT2D eigenvalue weighted by Gasteiger charge is 2.13. The number of hydrogen-bond donors (Lipinski definition) is 2. The van der Waals surface area contributed by atoms with Gasteiger partial charge in [-0.1, -0.05) is 11.6 Å². The number of carboxylic acid groups (broad SMARTS) is 1. The Hall–Kier alpha value is -2.26. The van der Waals surface area contributed by atoms with Gasteiger partial charge >= 0.3 is 12.0 Å². The standard InChI is InChI=1S/C11H10ClN3O3/c1-15(6-10(16)17)11(18)14-9-4-7(5-13)2-3-8(9)12/h2-4H,6H2,1H3,(H,14,18)(H,16,17). The minimum atomic E-state index is -1.12. The van der Waals surface area contributed by atoms with E-state index in [0.717, 1.165) is 4.90 Å². The van der Waals surface area contributed by atoms with Gasteiger partial charge in [-0.05, 0) is 18.2 Å². The summed E-state index contributed by atoms with van der Waals surface area (Å²) < 4.78 is 0. The number of carboxylic acids is 1. The Morgan fingerprint density at radius 2 is 2.22 bits per heavy atom. The number of halogens is 1. The molecule has 0 unspecified atom stereocenters. The third-order valence-electron chi connectivity index (χ3n) is 2.06. The Morgan fingerprint density at radius 1 is 1.56 bits per heavy atom. The molecule has 94 valence electrons. The maximum atomic E-state index is 11.6. The van der Waals surface area contributed by atoms with Crippen molar-refractivity contribution in [2.75, 3.05) is 18.9 Å². The Balaban J connectivity index is 2.81. The summed E-state index contributed by atoms with van der Waals surface area (Å²) in [4.78, 5) is 23.0. The molecule has 0 bridgehead atoms. The molecule has 0 atom stereocenters. The molecule has 0 heterocycles. The van der Waals surface area contributed by atoms with Crippen LogP contribution in [0.15, 0.2) is 18.2 Å². The Labute approximate surface area is 108 Å². The van der Waals surface area contributed by atoms with Crippen LogP contribution in [0, 0.1) is 11.3 Å². The van der Waals surface area contributed by atoms with Gasteiger partial charge in [0.1, 0.15) is 6.54 Å². The fraction of sp³-hybridized carbons (Fsp3) is 0.182. The first-order chi connectivity index (χ1) is 8.43. The van der Waals surface area contributed by atoms with Crippen LogP contribution in [0.5, 0.6) is 0 Å². The van der Waals surface area contributed by atoms with Crippen LogP contribution in [0.25, 0.3) is 0 Å². The number of amides is 2. The lowest BCUT2D eigenvalue weighted by Gasteiger charge is -2.16. The van der Waals surface area contributed by atoms with Crippen LogP contribution in [-0.2, 0) is 4.79 Å². The molecular weight excluding hydrogens is 258 g/mol. The van der Waals surface area contributed by atoms with E-state index in [1.54, 1.807) is 0 Å². The van der Waals surface area contributed by atoms with Crippen LogP contribution in [0.2, 0.25) is 5.02 Å². The first kappa shape index (κ1) is 13.8. The van der Waals surface area contributed by atoms with E-state index in [-0.39, 0.29) is 10.7 Å². The average molecular weight is 268 g/mol. The summed E-state index contributed by atoms with van der Waals surface area (Å²) in [5.74, 6) is -1.12. The maximum absolute atomic E-state index is 11.6. The number of nitrogens with zero attached hydrogens (tertiary/aromatic N) is 2. The van der Waals surface area contributed by atoms with Crippen molar-refractivity contribution in [2.45, 2.75) is 0 Å². The summed E-state index contributed by atoms with van der Waals surface area (Å²) in [5, 5.41) is 20.0. The molecule has 1 aromatic rings.